The van der Waals surface area contributed by atoms with Gasteiger partial charge in [-0.15, -0.1) is 0 Å². The first-order valence-corrected chi connectivity index (χ1v) is 6.72. The number of hydrazine groups is 1. The Kier molecular flexibility index (Phi) is 4.69. The van der Waals surface area contributed by atoms with Crippen molar-refractivity contribution in [3.8, 4) is 0 Å². The fourth-order valence-corrected chi connectivity index (χ4v) is 2.24. The maximum atomic E-state index is 11.9. The largest absolute Gasteiger partial charge is 0.392 e. The highest BCUT2D eigenvalue weighted by Crippen LogP contribution is 2.29. The molecular weight excluding hydrogens is 305 g/mol. The summed E-state index contributed by atoms with van der Waals surface area (Å²) in [4.78, 5) is 23.5. The SMILES string of the molecule is O=C1NCCC(O)C1C(=O)NNc1cccc(Cl)c1Cl. The van der Waals surface area contributed by atoms with Crippen LogP contribution in [0.2, 0.25) is 10.0 Å². The molecular formula is C12H13Cl2N3O3. The Labute approximate surface area is 125 Å². The fraction of sp³-hybridized carbons (Fsp3) is 0.333. The molecule has 0 radical (unpaired) electrons. The first-order chi connectivity index (χ1) is 9.50. The lowest BCUT2D eigenvalue weighted by Crippen LogP contribution is -2.52. The second-order valence-electron chi connectivity index (χ2n) is 4.34. The molecule has 1 aromatic rings. The normalized spacial score (nSPS) is 22.1. The summed E-state index contributed by atoms with van der Waals surface area (Å²) in [5, 5.41) is 12.8. The molecule has 1 saturated heterocycles. The van der Waals surface area contributed by atoms with Crippen LogP contribution in [-0.2, 0) is 9.59 Å². The average molecular weight is 318 g/mol. The predicted octanol–water partition coefficient (Wildman–Crippen LogP) is 0.934. The summed E-state index contributed by atoms with van der Waals surface area (Å²) in [6, 6.07) is 4.88. The lowest BCUT2D eigenvalue weighted by Gasteiger charge is -2.26. The molecule has 1 fully saturated rings. The molecule has 1 heterocycles. The maximum absolute atomic E-state index is 11.9. The summed E-state index contributed by atoms with van der Waals surface area (Å²) in [6.07, 6.45) is -0.665. The van der Waals surface area contributed by atoms with E-state index in [1.54, 1.807) is 18.2 Å². The van der Waals surface area contributed by atoms with Gasteiger partial charge in [-0.2, -0.15) is 0 Å². The van der Waals surface area contributed by atoms with Gasteiger partial charge in [0.25, 0.3) is 5.91 Å². The molecule has 0 aliphatic carbocycles. The third-order valence-corrected chi connectivity index (χ3v) is 3.78. The first-order valence-electron chi connectivity index (χ1n) is 5.96. The quantitative estimate of drug-likeness (QED) is 0.493. The van der Waals surface area contributed by atoms with Crippen LogP contribution >= 0.6 is 23.2 Å². The highest BCUT2D eigenvalue weighted by molar-refractivity contribution is 6.43. The molecule has 2 amide bonds. The molecule has 2 rings (SSSR count). The molecule has 2 atom stereocenters. The zero-order valence-corrected chi connectivity index (χ0v) is 11.8. The minimum Gasteiger partial charge on any atom is -0.392 e. The van der Waals surface area contributed by atoms with Crippen LogP contribution in [0.1, 0.15) is 6.42 Å². The lowest BCUT2D eigenvalue weighted by molar-refractivity contribution is -0.142. The number of rotatable bonds is 3. The van der Waals surface area contributed by atoms with Gasteiger partial charge in [0.2, 0.25) is 5.91 Å². The van der Waals surface area contributed by atoms with Crippen LogP contribution in [0.25, 0.3) is 0 Å². The Morgan fingerprint density at radius 1 is 1.40 bits per heavy atom. The fourth-order valence-electron chi connectivity index (χ4n) is 1.90. The smallest absolute Gasteiger partial charge is 0.253 e. The minimum atomic E-state index is -1.14. The number of halogens is 2. The molecule has 8 heteroatoms. The van der Waals surface area contributed by atoms with Crippen molar-refractivity contribution >= 4 is 40.7 Å². The van der Waals surface area contributed by atoms with E-state index in [1.807, 2.05) is 0 Å². The van der Waals surface area contributed by atoms with Gasteiger partial charge in [0.05, 0.1) is 21.8 Å². The molecule has 1 aliphatic rings. The Morgan fingerprint density at radius 3 is 2.85 bits per heavy atom. The minimum absolute atomic E-state index is 0.253. The van der Waals surface area contributed by atoms with Crippen molar-refractivity contribution < 1.29 is 14.7 Å². The number of piperidine rings is 1. The van der Waals surface area contributed by atoms with E-state index in [-0.39, 0.29) is 5.02 Å². The van der Waals surface area contributed by atoms with Crippen LogP contribution in [0.3, 0.4) is 0 Å². The van der Waals surface area contributed by atoms with E-state index in [0.29, 0.717) is 23.7 Å². The summed E-state index contributed by atoms with van der Waals surface area (Å²) in [5.41, 5.74) is 5.33. The number of aliphatic hydroxyl groups is 1. The van der Waals surface area contributed by atoms with Crippen LogP contribution in [0, 0.1) is 5.92 Å². The van der Waals surface area contributed by atoms with E-state index in [0.717, 1.165) is 0 Å². The van der Waals surface area contributed by atoms with Crippen LogP contribution < -0.4 is 16.2 Å². The van der Waals surface area contributed by atoms with E-state index in [1.165, 1.54) is 0 Å². The van der Waals surface area contributed by atoms with Gasteiger partial charge in [-0.05, 0) is 18.6 Å². The van der Waals surface area contributed by atoms with Gasteiger partial charge >= 0.3 is 0 Å². The van der Waals surface area contributed by atoms with Crippen LogP contribution in [0.4, 0.5) is 5.69 Å². The van der Waals surface area contributed by atoms with Gasteiger partial charge in [0.15, 0.2) is 0 Å². The number of carbonyl (C=O) groups excluding carboxylic acids is 2. The van der Waals surface area contributed by atoms with Crippen molar-refractivity contribution in [2.75, 3.05) is 12.0 Å². The Balaban J connectivity index is 2.01. The predicted molar refractivity (Wildman–Crippen MR) is 75.4 cm³/mol. The molecule has 0 aromatic heterocycles. The number of amides is 2. The van der Waals surface area contributed by atoms with Crippen molar-refractivity contribution in [3.63, 3.8) is 0 Å². The van der Waals surface area contributed by atoms with Gasteiger partial charge in [-0.1, -0.05) is 29.3 Å². The molecule has 2 unspecified atom stereocenters. The molecule has 0 spiro atoms. The molecule has 20 heavy (non-hydrogen) atoms. The van der Waals surface area contributed by atoms with E-state index >= 15 is 0 Å². The van der Waals surface area contributed by atoms with Crippen LogP contribution in [-0.4, -0.2) is 29.6 Å². The topological polar surface area (TPSA) is 90.5 Å². The Hall–Kier alpha value is -1.50. The van der Waals surface area contributed by atoms with E-state index in [9.17, 15) is 14.7 Å². The van der Waals surface area contributed by atoms with Crippen molar-refractivity contribution in [3.05, 3.63) is 28.2 Å². The molecule has 0 saturated carbocycles. The van der Waals surface area contributed by atoms with E-state index in [4.69, 9.17) is 23.2 Å². The highest BCUT2D eigenvalue weighted by atomic mass is 35.5. The summed E-state index contributed by atoms with van der Waals surface area (Å²) < 4.78 is 0. The Morgan fingerprint density at radius 2 is 2.15 bits per heavy atom. The van der Waals surface area contributed by atoms with Crippen molar-refractivity contribution in [1.82, 2.24) is 10.7 Å². The summed E-state index contributed by atoms with van der Waals surface area (Å²) in [5.74, 6) is -2.28. The van der Waals surface area contributed by atoms with Gasteiger partial charge in [-0.3, -0.25) is 20.4 Å². The number of aliphatic hydroxyl groups excluding tert-OH is 1. The molecule has 6 nitrogen and oxygen atoms in total. The molecule has 1 aromatic carbocycles. The maximum Gasteiger partial charge on any atom is 0.253 e. The number of hydrogen-bond acceptors (Lipinski definition) is 4. The lowest BCUT2D eigenvalue weighted by atomic mass is 9.95. The number of hydrogen-bond donors (Lipinski definition) is 4. The Bertz CT molecular complexity index is 539. The third kappa shape index (κ3) is 3.15. The van der Waals surface area contributed by atoms with Gasteiger partial charge in [-0.25, -0.2) is 0 Å². The average Bonchev–Trinajstić information content (AvgIpc) is 2.40. The summed E-state index contributed by atoms with van der Waals surface area (Å²) in [7, 11) is 0. The number of benzene rings is 1. The number of carbonyl (C=O) groups is 2. The van der Waals surface area contributed by atoms with Crippen LogP contribution in [0.15, 0.2) is 18.2 Å². The second kappa shape index (κ2) is 6.30. The van der Waals surface area contributed by atoms with Crippen LogP contribution in [0.5, 0.6) is 0 Å². The van der Waals surface area contributed by atoms with Crippen molar-refractivity contribution in [2.24, 2.45) is 5.92 Å². The summed E-state index contributed by atoms with van der Waals surface area (Å²) >= 11 is 11.8. The zero-order valence-electron chi connectivity index (χ0n) is 10.3. The molecule has 108 valence electrons. The van der Waals surface area contributed by atoms with E-state index in [2.05, 4.69) is 16.2 Å². The van der Waals surface area contributed by atoms with E-state index < -0.39 is 23.8 Å². The zero-order chi connectivity index (χ0) is 14.7. The highest BCUT2D eigenvalue weighted by Gasteiger charge is 2.36. The number of nitrogens with one attached hydrogen (secondary N) is 3. The standard InChI is InChI=1S/C12H13Cl2N3O3/c13-6-2-1-3-7(10(6)14)16-17-12(20)9-8(18)4-5-15-11(9)19/h1-3,8-9,16,18H,4-5H2,(H,15,19)(H,17,20). The van der Waals surface area contributed by atoms with Crippen molar-refractivity contribution in [2.45, 2.75) is 12.5 Å². The molecule has 1 aliphatic heterocycles. The third-order valence-electron chi connectivity index (χ3n) is 2.96. The summed E-state index contributed by atoms with van der Waals surface area (Å²) in [6.45, 7) is 0.358. The van der Waals surface area contributed by atoms with Gasteiger partial charge in [0.1, 0.15) is 5.92 Å². The monoisotopic (exact) mass is 317 g/mol. The molecule has 4 N–H and O–H groups in total. The molecule has 0 bridgehead atoms. The van der Waals surface area contributed by atoms with Gasteiger partial charge in [0, 0.05) is 6.54 Å². The van der Waals surface area contributed by atoms with Crippen molar-refractivity contribution in [1.29, 1.82) is 0 Å². The second-order valence-corrected chi connectivity index (χ2v) is 5.13. The number of anilines is 1. The van der Waals surface area contributed by atoms with Gasteiger partial charge < -0.3 is 10.4 Å². The first kappa shape index (κ1) is 14.9.